The van der Waals surface area contributed by atoms with E-state index in [0.717, 1.165) is 23.4 Å². The van der Waals surface area contributed by atoms with Crippen LogP contribution < -0.4 is 9.64 Å². The maximum absolute atomic E-state index is 12.6. The summed E-state index contributed by atoms with van der Waals surface area (Å²) in [5.74, 6) is 0.510. The Hall–Kier alpha value is -2.21. The summed E-state index contributed by atoms with van der Waals surface area (Å²) in [5.41, 5.74) is 0.759. The molecule has 0 aliphatic carbocycles. The number of amides is 1. The molecule has 7 heteroatoms. The van der Waals surface area contributed by atoms with Crippen LogP contribution in [0.25, 0.3) is 0 Å². The lowest BCUT2D eigenvalue weighted by molar-refractivity contribution is -0.137. The average molecular weight is 342 g/mol. The number of halogens is 4. The molecule has 2 aromatic carbocycles. The number of nitrogens with zero attached hydrogens (tertiary/aromatic N) is 1. The van der Waals surface area contributed by atoms with E-state index in [1.807, 2.05) is 0 Å². The minimum atomic E-state index is -4.46. The van der Waals surface area contributed by atoms with Crippen LogP contribution >= 0.6 is 11.6 Å². The molecule has 0 aromatic heterocycles. The van der Waals surface area contributed by atoms with Crippen molar-refractivity contribution in [3.05, 3.63) is 52.5 Å². The number of benzene rings is 2. The summed E-state index contributed by atoms with van der Waals surface area (Å²) >= 11 is 5.86. The summed E-state index contributed by atoms with van der Waals surface area (Å²) < 4.78 is 43.4. The highest BCUT2D eigenvalue weighted by Gasteiger charge is 2.31. The molecular weight excluding hydrogens is 331 g/mol. The van der Waals surface area contributed by atoms with Crippen LogP contribution in [0, 0.1) is 0 Å². The number of carbonyl (C=O) groups excluding carboxylic acids is 1. The Labute approximate surface area is 135 Å². The molecule has 120 valence electrons. The fourth-order valence-corrected chi connectivity index (χ4v) is 2.62. The number of hydrogen-bond acceptors (Lipinski definition) is 2. The minimum absolute atomic E-state index is 0.0234. The predicted molar refractivity (Wildman–Crippen MR) is 80.1 cm³/mol. The van der Waals surface area contributed by atoms with E-state index < -0.39 is 11.7 Å². The molecule has 3 rings (SSSR count). The molecule has 23 heavy (non-hydrogen) atoms. The first kappa shape index (κ1) is 15.7. The van der Waals surface area contributed by atoms with Crippen LogP contribution in [-0.4, -0.2) is 13.0 Å². The standard InChI is InChI=1S/C16H11ClF3NO2/c1-21-13-4-3-11(6-9(13)7-15(21)22)23-14-5-2-10(8-12(14)17)16(18,19)20/h2-6,8H,7H2,1H3. The van der Waals surface area contributed by atoms with Gasteiger partial charge in [0, 0.05) is 12.7 Å². The number of hydrogen-bond donors (Lipinski definition) is 0. The molecule has 0 radical (unpaired) electrons. The molecule has 0 bridgehead atoms. The minimum Gasteiger partial charge on any atom is -0.456 e. The van der Waals surface area contributed by atoms with Crippen molar-refractivity contribution in [3.8, 4) is 11.5 Å². The van der Waals surface area contributed by atoms with Gasteiger partial charge in [-0.1, -0.05) is 11.6 Å². The molecule has 1 aliphatic heterocycles. The molecular formula is C16H11ClF3NO2. The number of carbonyl (C=O) groups is 1. The monoisotopic (exact) mass is 341 g/mol. The van der Waals surface area contributed by atoms with Crippen molar-refractivity contribution in [1.82, 2.24) is 0 Å². The van der Waals surface area contributed by atoms with Gasteiger partial charge in [0.15, 0.2) is 0 Å². The van der Waals surface area contributed by atoms with Crippen LogP contribution in [-0.2, 0) is 17.4 Å². The largest absolute Gasteiger partial charge is 0.456 e. The molecule has 1 amide bonds. The molecule has 0 unspecified atom stereocenters. The zero-order chi connectivity index (χ0) is 16.8. The third-order valence-corrected chi connectivity index (χ3v) is 3.91. The fourth-order valence-electron chi connectivity index (χ4n) is 2.40. The first-order valence-corrected chi connectivity index (χ1v) is 7.07. The maximum Gasteiger partial charge on any atom is 0.416 e. The number of alkyl halides is 3. The van der Waals surface area contributed by atoms with Crippen LogP contribution in [0.1, 0.15) is 11.1 Å². The Balaban J connectivity index is 1.86. The van der Waals surface area contributed by atoms with Gasteiger partial charge in [-0.05, 0) is 42.0 Å². The first-order chi connectivity index (χ1) is 10.8. The smallest absolute Gasteiger partial charge is 0.416 e. The third-order valence-electron chi connectivity index (χ3n) is 3.62. The summed E-state index contributed by atoms with van der Waals surface area (Å²) in [7, 11) is 1.68. The van der Waals surface area contributed by atoms with E-state index in [2.05, 4.69) is 0 Å². The summed E-state index contributed by atoms with van der Waals surface area (Å²) in [5, 5.41) is -0.131. The lowest BCUT2D eigenvalue weighted by Crippen LogP contribution is -2.20. The highest BCUT2D eigenvalue weighted by Crippen LogP contribution is 2.38. The second kappa shape index (κ2) is 5.45. The van der Waals surface area contributed by atoms with E-state index in [1.165, 1.54) is 6.07 Å². The van der Waals surface area contributed by atoms with Crippen molar-refractivity contribution < 1.29 is 22.7 Å². The molecule has 3 nitrogen and oxygen atoms in total. The van der Waals surface area contributed by atoms with Crippen molar-refractivity contribution >= 4 is 23.2 Å². The molecule has 1 heterocycles. The summed E-state index contributed by atoms with van der Waals surface area (Å²) in [6, 6.07) is 7.96. The van der Waals surface area contributed by atoms with E-state index in [1.54, 1.807) is 30.1 Å². The highest BCUT2D eigenvalue weighted by molar-refractivity contribution is 6.32. The van der Waals surface area contributed by atoms with Gasteiger partial charge in [-0.2, -0.15) is 13.2 Å². The van der Waals surface area contributed by atoms with Crippen molar-refractivity contribution in [2.75, 3.05) is 11.9 Å². The van der Waals surface area contributed by atoms with Crippen LogP contribution in [0.4, 0.5) is 18.9 Å². The third kappa shape index (κ3) is 2.99. The predicted octanol–water partition coefficient (Wildman–Crippen LogP) is 4.67. The van der Waals surface area contributed by atoms with Gasteiger partial charge in [-0.25, -0.2) is 0 Å². The van der Waals surface area contributed by atoms with Crippen LogP contribution in [0.5, 0.6) is 11.5 Å². The highest BCUT2D eigenvalue weighted by atomic mass is 35.5. The first-order valence-electron chi connectivity index (χ1n) is 6.70. The maximum atomic E-state index is 12.6. The lowest BCUT2D eigenvalue weighted by Gasteiger charge is -2.13. The van der Waals surface area contributed by atoms with Crippen LogP contribution in [0.3, 0.4) is 0 Å². The molecule has 0 saturated carbocycles. The van der Waals surface area contributed by atoms with Crippen molar-refractivity contribution in [1.29, 1.82) is 0 Å². The molecule has 0 saturated heterocycles. The van der Waals surface area contributed by atoms with E-state index in [4.69, 9.17) is 16.3 Å². The second-order valence-corrected chi connectivity index (χ2v) is 5.57. The Bertz CT molecular complexity index is 789. The van der Waals surface area contributed by atoms with Gasteiger partial charge < -0.3 is 9.64 Å². The topological polar surface area (TPSA) is 29.5 Å². The fraction of sp³-hybridized carbons (Fsp3) is 0.188. The van der Waals surface area contributed by atoms with Gasteiger partial charge in [-0.15, -0.1) is 0 Å². The molecule has 0 N–H and O–H groups in total. The van der Waals surface area contributed by atoms with Gasteiger partial charge in [0.2, 0.25) is 5.91 Å². The number of ether oxygens (including phenoxy) is 1. The number of fused-ring (bicyclic) bond motifs is 1. The van der Waals surface area contributed by atoms with Crippen LogP contribution in [0.2, 0.25) is 5.02 Å². The van der Waals surface area contributed by atoms with Crippen LogP contribution in [0.15, 0.2) is 36.4 Å². The van der Waals surface area contributed by atoms with Gasteiger partial charge in [0.05, 0.1) is 17.0 Å². The molecule has 0 fully saturated rings. The summed E-state index contributed by atoms with van der Waals surface area (Å²) in [4.78, 5) is 13.2. The normalized spacial score (nSPS) is 14.1. The van der Waals surface area contributed by atoms with E-state index in [-0.39, 0.29) is 23.1 Å². The Kier molecular flexibility index (Phi) is 3.72. The van der Waals surface area contributed by atoms with E-state index in [0.29, 0.717) is 5.75 Å². The number of rotatable bonds is 2. The SMILES string of the molecule is CN1C(=O)Cc2cc(Oc3ccc(C(F)(F)F)cc3Cl)ccc21. The zero-order valence-corrected chi connectivity index (χ0v) is 12.7. The zero-order valence-electron chi connectivity index (χ0n) is 11.9. The van der Waals surface area contributed by atoms with Gasteiger partial charge in [0.25, 0.3) is 0 Å². The van der Waals surface area contributed by atoms with Crippen molar-refractivity contribution in [3.63, 3.8) is 0 Å². The Morgan fingerprint density at radius 2 is 1.91 bits per heavy atom. The Morgan fingerprint density at radius 3 is 2.57 bits per heavy atom. The number of likely N-dealkylation sites (N-methyl/N-ethyl adjacent to an activating group) is 1. The van der Waals surface area contributed by atoms with Gasteiger partial charge >= 0.3 is 6.18 Å². The Morgan fingerprint density at radius 1 is 1.17 bits per heavy atom. The van der Waals surface area contributed by atoms with Gasteiger partial charge in [-0.3, -0.25) is 4.79 Å². The molecule has 2 aromatic rings. The second-order valence-electron chi connectivity index (χ2n) is 5.17. The van der Waals surface area contributed by atoms with Crippen molar-refractivity contribution in [2.24, 2.45) is 0 Å². The quantitative estimate of drug-likeness (QED) is 0.794. The van der Waals surface area contributed by atoms with E-state index in [9.17, 15) is 18.0 Å². The summed E-state index contributed by atoms with van der Waals surface area (Å²) in [6.07, 6.45) is -4.19. The number of anilines is 1. The average Bonchev–Trinajstić information content (AvgIpc) is 2.75. The molecule has 1 aliphatic rings. The van der Waals surface area contributed by atoms with Crippen molar-refractivity contribution in [2.45, 2.75) is 12.6 Å². The molecule has 0 spiro atoms. The summed E-state index contributed by atoms with van der Waals surface area (Å²) in [6.45, 7) is 0. The van der Waals surface area contributed by atoms with Gasteiger partial charge in [0.1, 0.15) is 11.5 Å². The van der Waals surface area contributed by atoms with E-state index >= 15 is 0 Å². The lowest BCUT2D eigenvalue weighted by atomic mass is 10.1. The molecule has 0 atom stereocenters.